The van der Waals surface area contributed by atoms with Gasteiger partial charge in [0.2, 0.25) is 10.0 Å². The Morgan fingerprint density at radius 1 is 1.04 bits per heavy atom. The predicted octanol–water partition coefficient (Wildman–Crippen LogP) is 3.04. The Morgan fingerprint density at radius 3 is 2.07 bits per heavy atom. The molecular formula is C18H16F2N2O4S. The number of aliphatic hydroxyl groups is 1. The molecule has 27 heavy (non-hydrogen) atoms. The van der Waals surface area contributed by atoms with E-state index in [9.17, 15) is 22.3 Å². The van der Waals surface area contributed by atoms with E-state index in [1.807, 2.05) is 19.9 Å². The topological polar surface area (TPSA) is 106 Å². The number of primary sulfonamides is 1. The monoisotopic (exact) mass is 394 g/mol. The SMILES string of the molecule is Cc1cc(C)cc(-c2noc(CO)c2-c2cc(F)c(S(N)(=O)=O)c(F)c2)c1. The molecule has 2 aromatic carbocycles. The maximum absolute atomic E-state index is 14.3. The van der Waals surface area contributed by atoms with Gasteiger partial charge in [-0.3, -0.25) is 0 Å². The van der Waals surface area contributed by atoms with Crippen molar-refractivity contribution >= 4 is 10.0 Å². The first-order valence-corrected chi connectivity index (χ1v) is 9.36. The second-order valence-electron chi connectivity index (χ2n) is 6.18. The molecule has 0 atom stereocenters. The van der Waals surface area contributed by atoms with Crippen molar-refractivity contribution in [2.24, 2.45) is 5.14 Å². The van der Waals surface area contributed by atoms with Crippen molar-refractivity contribution in [3.05, 3.63) is 58.9 Å². The summed E-state index contributed by atoms with van der Waals surface area (Å²) < 4.78 is 56.5. The van der Waals surface area contributed by atoms with Crippen LogP contribution in [0.25, 0.3) is 22.4 Å². The molecule has 0 saturated heterocycles. The van der Waals surface area contributed by atoms with Gasteiger partial charge >= 0.3 is 0 Å². The quantitative estimate of drug-likeness (QED) is 0.707. The number of sulfonamides is 1. The number of hydrogen-bond donors (Lipinski definition) is 2. The molecule has 0 unspecified atom stereocenters. The van der Waals surface area contributed by atoms with Gasteiger partial charge in [-0.25, -0.2) is 22.3 Å². The molecule has 1 aromatic heterocycles. The minimum Gasteiger partial charge on any atom is -0.388 e. The summed E-state index contributed by atoms with van der Waals surface area (Å²) in [7, 11) is -4.58. The lowest BCUT2D eigenvalue weighted by Gasteiger charge is -2.09. The largest absolute Gasteiger partial charge is 0.388 e. The van der Waals surface area contributed by atoms with Crippen molar-refractivity contribution in [2.45, 2.75) is 25.3 Å². The number of nitrogens with two attached hydrogens (primary N) is 1. The van der Waals surface area contributed by atoms with E-state index in [0.717, 1.165) is 23.3 Å². The highest BCUT2D eigenvalue weighted by Crippen LogP contribution is 2.37. The van der Waals surface area contributed by atoms with Gasteiger partial charge in [0.25, 0.3) is 0 Å². The summed E-state index contributed by atoms with van der Waals surface area (Å²) in [5.41, 5.74) is 2.91. The average molecular weight is 394 g/mol. The highest BCUT2D eigenvalue weighted by atomic mass is 32.2. The van der Waals surface area contributed by atoms with E-state index in [-0.39, 0.29) is 22.6 Å². The molecule has 3 rings (SSSR count). The molecule has 1 heterocycles. The van der Waals surface area contributed by atoms with E-state index in [0.29, 0.717) is 5.56 Å². The first kappa shape index (κ1) is 19.2. The Kier molecular flexibility index (Phi) is 4.85. The Labute approximate surface area is 154 Å². The van der Waals surface area contributed by atoms with Crippen molar-refractivity contribution in [3.8, 4) is 22.4 Å². The van der Waals surface area contributed by atoms with Crippen LogP contribution in [0.5, 0.6) is 0 Å². The summed E-state index contributed by atoms with van der Waals surface area (Å²) in [4.78, 5) is -1.22. The number of aliphatic hydroxyl groups excluding tert-OH is 1. The van der Waals surface area contributed by atoms with Gasteiger partial charge in [0, 0.05) is 5.56 Å². The molecule has 142 valence electrons. The van der Waals surface area contributed by atoms with Crippen molar-refractivity contribution < 1.29 is 26.8 Å². The maximum Gasteiger partial charge on any atom is 0.243 e. The standard InChI is InChI=1S/C18H16F2N2O4S/c1-9-3-10(2)5-12(4-9)17-16(15(8-23)26-22-17)11-6-13(19)18(14(20)7-11)27(21,24)25/h3-7,23H,8H2,1-2H3,(H2,21,24,25). The zero-order valence-electron chi connectivity index (χ0n) is 14.5. The fourth-order valence-electron chi connectivity index (χ4n) is 3.01. The van der Waals surface area contributed by atoms with E-state index in [4.69, 9.17) is 9.66 Å². The van der Waals surface area contributed by atoms with Crippen molar-refractivity contribution in [1.29, 1.82) is 0 Å². The van der Waals surface area contributed by atoms with Gasteiger partial charge in [-0.2, -0.15) is 0 Å². The Morgan fingerprint density at radius 2 is 1.59 bits per heavy atom. The molecule has 0 aliphatic heterocycles. The molecule has 0 fully saturated rings. The molecule has 0 saturated carbocycles. The fourth-order valence-corrected chi connectivity index (χ4v) is 3.68. The fraction of sp³-hybridized carbons (Fsp3) is 0.167. The van der Waals surface area contributed by atoms with Crippen LogP contribution in [0, 0.1) is 25.5 Å². The van der Waals surface area contributed by atoms with Crippen LogP contribution < -0.4 is 5.14 Å². The van der Waals surface area contributed by atoms with Crippen molar-refractivity contribution in [3.63, 3.8) is 0 Å². The lowest BCUT2D eigenvalue weighted by Crippen LogP contribution is -2.16. The lowest BCUT2D eigenvalue weighted by atomic mass is 9.97. The van der Waals surface area contributed by atoms with Gasteiger partial charge in [-0.15, -0.1) is 0 Å². The first-order valence-electron chi connectivity index (χ1n) is 7.82. The Balaban J connectivity index is 2.28. The predicted molar refractivity (Wildman–Crippen MR) is 94.1 cm³/mol. The average Bonchev–Trinajstić information content (AvgIpc) is 2.95. The van der Waals surface area contributed by atoms with E-state index in [2.05, 4.69) is 5.16 Å². The molecule has 0 spiro atoms. The van der Waals surface area contributed by atoms with Crippen LogP contribution in [0.15, 0.2) is 39.8 Å². The molecular weight excluding hydrogens is 378 g/mol. The molecule has 0 aliphatic rings. The third-order valence-electron chi connectivity index (χ3n) is 3.97. The molecule has 9 heteroatoms. The molecule has 6 nitrogen and oxygen atoms in total. The summed E-state index contributed by atoms with van der Waals surface area (Å²) >= 11 is 0. The Bertz CT molecular complexity index is 1100. The minimum atomic E-state index is -4.58. The zero-order chi connectivity index (χ0) is 19.9. The number of nitrogens with zero attached hydrogens (tertiary/aromatic N) is 1. The van der Waals surface area contributed by atoms with Gasteiger partial charge < -0.3 is 9.63 Å². The van der Waals surface area contributed by atoms with Gasteiger partial charge in [0.15, 0.2) is 10.7 Å². The normalized spacial score (nSPS) is 11.8. The summed E-state index contributed by atoms with van der Waals surface area (Å²) in [6, 6.07) is 7.19. The third kappa shape index (κ3) is 3.61. The maximum atomic E-state index is 14.3. The van der Waals surface area contributed by atoms with Crippen molar-refractivity contribution in [1.82, 2.24) is 5.16 Å². The second-order valence-corrected chi connectivity index (χ2v) is 7.68. The zero-order valence-corrected chi connectivity index (χ0v) is 15.3. The van der Waals surface area contributed by atoms with Gasteiger partial charge in [-0.1, -0.05) is 22.3 Å². The van der Waals surface area contributed by atoms with Crippen LogP contribution in [0.2, 0.25) is 0 Å². The smallest absolute Gasteiger partial charge is 0.243 e. The van der Waals surface area contributed by atoms with Gasteiger partial charge in [0.05, 0.1) is 5.56 Å². The lowest BCUT2D eigenvalue weighted by molar-refractivity contribution is 0.230. The Hall–Kier alpha value is -2.62. The summed E-state index contributed by atoms with van der Waals surface area (Å²) in [5.74, 6) is -2.70. The summed E-state index contributed by atoms with van der Waals surface area (Å²) in [6.45, 7) is 3.19. The van der Waals surface area contributed by atoms with E-state index in [1.165, 1.54) is 0 Å². The molecule has 0 amide bonds. The van der Waals surface area contributed by atoms with E-state index in [1.54, 1.807) is 12.1 Å². The van der Waals surface area contributed by atoms with Crippen LogP contribution in [-0.2, 0) is 16.6 Å². The number of benzene rings is 2. The highest BCUT2D eigenvalue weighted by molar-refractivity contribution is 7.89. The third-order valence-corrected chi connectivity index (χ3v) is 4.93. The number of hydrogen-bond acceptors (Lipinski definition) is 5. The van der Waals surface area contributed by atoms with Crippen LogP contribution in [0.3, 0.4) is 0 Å². The molecule has 0 bridgehead atoms. The van der Waals surface area contributed by atoms with Gasteiger partial charge in [-0.05, 0) is 43.7 Å². The van der Waals surface area contributed by atoms with Crippen LogP contribution in [0.1, 0.15) is 16.9 Å². The van der Waals surface area contributed by atoms with Crippen LogP contribution >= 0.6 is 0 Å². The van der Waals surface area contributed by atoms with E-state index >= 15 is 0 Å². The second kappa shape index (κ2) is 6.84. The number of aromatic nitrogens is 1. The highest BCUT2D eigenvalue weighted by Gasteiger charge is 2.25. The number of aryl methyl sites for hydroxylation is 2. The summed E-state index contributed by atoms with van der Waals surface area (Å²) in [5, 5.41) is 18.3. The molecule has 3 aromatic rings. The number of halogens is 2. The minimum absolute atomic E-state index is 0.00804. The van der Waals surface area contributed by atoms with E-state index < -0.39 is 33.2 Å². The van der Waals surface area contributed by atoms with Crippen molar-refractivity contribution in [2.75, 3.05) is 0 Å². The molecule has 0 radical (unpaired) electrons. The molecule has 0 aliphatic carbocycles. The van der Waals surface area contributed by atoms with Crippen LogP contribution in [-0.4, -0.2) is 18.7 Å². The van der Waals surface area contributed by atoms with Crippen LogP contribution in [0.4, 0.5) is 8.78 Å². The summed E-state index contributed by atoms with van der Waals surface area (Å²) in [6.07, 6.45) is 0. The molecule has 3 N–H and O–H groups in total. The number of rotatable bonds is 4. The van der Waals surface area contributed by atoms with Gasteiger partial charge in [0.1, 0.15) is 23.9 Å². The first-order chi connectivity index (χ1) is 12.6.